The summed E-state index contributed by atoms with van der Waals surface area (Å²) < 4.78 is 7.11. The average Bonchev–Trinajstić information content (AvgIpc) is 2.96. The number of benzene rings is 1. The van der Waals surface area contributed by atoms with Crippen LogP contribution >= 0.6 is 11.6 Å². The number of nitrogens with zero attached hydrogens (tertiary/aromatic N) is 1. The van der Waals surface area contributed by atoms with Crippen LogP contribution in [0.4, 0.5) is 5.69 Å². The van der Waals surface area contributed by atoms with Gasteiger partial charge in [0.2, 0.25) is 0 Å². The normalized spacial score (nSPS) is 10.9. The smallest absolute Gasteiger partial charge is 0.272 e. The van der Waals surface area contributed by atoms with E-state index in [2.05, 4.69) is 5.32 Å². The molecule has 0 aliphatic heterocycles. The van der Waals surface area contributed by atoms with Crippen LogP contribution in [0.15, 0.2) is 41.0 Å². The maximum atomic E-state index is 12.3. The number of halogens is 1. The van der Waals surface area contributed by atoms with Crippen LogP contribution in [0, 0.1) is 6.92 Å². The Kier molecular flexibility index (Phi) is 3.03. The minimum Gasteiger partial charge on any atom is -0.463 e. The molecule has 0 saturated heterocycles. The maximum Gasteiger partial charge on any atom is 0.272 e. The number of amides is 1. The number of rotatable bonds is 2. The van der Waals surface area contributed by atoms with Crippen molar-refractivity contribution < 1.29 is 9.21 Å². The van der Waals surface area contributed by atoms with Gasteiger partial charge in [0.1, 0.15) is 5.69 Å². The number of carbonyl (C=O) groups is 1. The predicted molar refractivity (Wildman–Crippen MR) is 79.3 cm³/mol. The number of carbonyl (C=O) groups excluding carboxylic acids is 1. The molecular weight excluding hydrogens is 276 g/mol. The van der Waals surface area contributed by atoms with Crippen LogP contribution in [0.2, 0.25) is 5.02 Å². The van der Waals surface area contributed by atoms with Crippen LogP contribution in [-0.2, 0) is 7.05 Å². The summed E-state index contributed by atoms with van der Waals surface area (Å²) in [5.41, 5.74) is 3.81. The monoisotopic (exact) mass is 288 g/mol. The number of aryl methyl sites for hydroxylation is 2. The third-order valence-electron chi connectivity index (χ3n) is 3.33. The van der Waals surface area contributed by atoms with Gasteiger partial charge in [-0.3, -0.25) is 4.79 Å². The number of fused-ring (bicyclic) bond motifs is 1. The van der Waals surface area contributed by atoms with E-state index in [9.17, 15) is 4.79 Å². The lowest BCUT2D eigenvalue weighted by atomic mass is 10.2. The van der Waals surface area contributed by atoms with Gasteiger partial charge in [-0.05, 0) is 30.7 Å². The Bertz CT molecular complexity index is 801. The van der Waals surface area contributed by atoms with Crippen molar-refractivity contribution in [3.05, 3.63) is 52.9 Å². The number of hydrogen-bond acceptors (Lipinski definition) is 2. The zero-order chi connectivity index (χ0) is 14.3. The third kappa shape index (κ3) is 2.08. The van der Waals surface area contributed by atoms with E-state index in [1.807, 2.05) is 26.1 Å². The topological polar surface area (TPSA) is 47.2 Å². The predicted octanol–water partition coefficient (Wildman–Crippen LogP) is 3.99. The van der Waals surface area contributed by atoms with Gasteiger partial charge < -0.3 is 14.3 Å². The van der Waals surface area contributed by atoms with Crippen molar-refractivity contribution in [2.75, 3.05) is 5.32 Å². The summed E-state index contributed by atoms with van der Waals surface area (Å²) in [6, 6.07) is 8.92. The zero-order valence-electron chi connectivity index (χ0n) is 11.1. The fraction of sp³-hybridized carbons (Fsp3) is 0.133. The molecule has 5 heteroatoms. The highest BCUT2D eigenvalue weighted by molar-refractivity contribution is 6.30. The number of aromatic nitrogens is 1. The lowest BCUT2D eigenvalue weighted by Crippen LogP contribution is -2.16. The van der Waals surface area contributed by atoms with Gasteiger partial charge in [-0.15, -0.1) is 0 Å². The van der Waals surface area contributed by atoms with Crippen LogP contribution in [0.5, 0.6) is 0 Å². The van der Waals surface area contributed by atoms with E-state index in [0.717, 1.165) is 16.8 Å². The Morgan fingerprint density at radius 1 is 1.30 bits per heavy atom. The van der Waals surface area contributed by atoms with E-state index >= 15 is 0 Å². The minimum absolute atomic E-state index is 0.177. The highest BCUT2D eigenvalue weighted by Gasteiger charge is 2.15. The van der Waals surface area contributed by atoms with Gasteiger partial charge in [0.05, 0.1) is 11.8 Å². The molecule has 4 nitrogen and oxygen atoms in total. The van der Waals surface area contributed by atoms with E-state index < -0.39 is 0 Å². The standard InChI is InChI=1S/C15H13ClN2O2/c1-9-7-10(16)3-4-11(9)17-15(19)13-8-14-12(18(13)2)5-6-20-14/h3-8H,1-2H3,(H,17,19). The van der Waals surface area contributed by atoms with Crippen molar-refractivity contribution in [3.8, 4) is 0 Å². The Morgan fingerprint density at radius 2 is 2.10 bits per heavy atom. The van der Waals surface area contributed by atoms with Gasteiger partial charge in [-0.2, -0.15) is 0 Å². The van der Waals surface area contributed by atoms with E-state index in [-0.39, 0.29) is 5.91 Å². The van der Waals surface area contributed by atoms with E-state index in [1.54, 1.807) is 29.0 Å². The summed E-state index contributed by atoms with van der Waals surface area (Å²) in [6.45, 7) is 1.90. The first-order valence-corrected chi connectivity index (χ1v) is 6.54. The lowest BCUT2D eigenvalue weighted by molar-refractivity contribution is 0.101. The Morgan fingerprint density at radius 3 is 2.80 bits per heavy atom. The molecule has 1 N–H and O–H groups in total. The second kappa shape index (κ2) is 4.72. The maximum absolute atomic E-state index is 12.3. The fourth-order valence-electron chi connectivity index (χ4n) is 2.22. The largest absolute Gasteiger partial charge is 0.463 e. The average molecular weight is 289 g/mol. The van der Waals surface area contributed by atoms with E-state index in [0.29, 0.717) is 16.3 Å². The van der Waals surface area contributed by atoms with Gasteiger partial charge in [0.15, 0.2) is 5.58 Å². The first-order valence-electron chi connectivity index (χ1n) is 6.16. The van der Waals surface area contributed by atoms with Crippen LogP contribution in [0.3, 0.4) is 0 Å². The number of anilines is 1. The summed E-state index contributed by atoms with van der Waals surface area (Å²) in [6.07, 6.45) is 1.61. The molecule has 0 saturated carbocycles. The van der Waals surface area contributed by atoms with Crippen molar-refractivity contribution in [3.63, 3.8) is 0 Å². The number of hydrogen-bond donors (Lipinski definition) is 1. The van der Waals surface area contributed by atoms with E-state index in [1.165, 1.54) is 0 Å². The molecule has 102 valence electrons. The van der Waals surface area contributed by atoms with Crippen LogP contribution in [-0.4, -0.2) is 10.5 Å². The molecule has 3 rings (SSSR count). The Balaban J connectivity index is 1.92. The van der Waals surface area contributed by atoms with Crippen molar-refractivity contribution >= 4 is 34.3 Å². The molecule has 0 fully saturated rings. The van der Waals surface area contributed by atoms with Gasteiger partial charge in [-0.25, -0.2) is 0 Å². The molecule has 0 atom stereocenters. The second-order valence-corrected chi connectivity index (χ2v) is 5.11. The SMILES string of the molecule is Cc1cc(Cl)ccc1NC(=O)c1cc2occc2n1C. The first kappa shape index (κ1) is 12.8. The molecule has 0 spiro atoms. The summed E-state index contributed by atoms with van der Waals surface area (Å²) in [4.78, 5) is 12.3. The highest BCUT2D eigenvalue weighted by atomic mass is 35.5. The summed E-state index contributed by atoms with van der Waals surface area (Å²) in [5, 5.41) is 3.54. The Hall–Kier alpha value is -2.20. The molecule has 0 aliphatic rings. The molecule has 20 heavy (non-hydrogen) atoms. The molecule has 1 amide bonds. The van der Waals surface area contributed by atoms with Crippen LogP contribution in [0.1, 0.15) is 16.1 Å². The molecule has 0 radical (unpaired) electrons. The Labute approximate surface area is 120 Å². The van der Waals surface area contributed by atoms with Crippen molar-refractivity contribution in [2.45, 2.75) is 6.92 Å². The lowest BCUT2D eigenvalue weighted by Gasteiger charge is -2.09. The van der Waals surface area contributed by atoms with Crippen molar-refractivity contribution in [1.82, 2.24) is 4.57 Å². The number of nitrogens with one attached hydrogen (secondary N) is 1. The zero-order valence-corrected chi connectivity index (χ0v) is 11.9. The summed E-state index contributed by atoms with van der Waals surface area (Å²) >= 11 is 5.91. The highest BCUT2D eigenvalue weighted by Crippen LogP contribution is 2.23. The van der Waals surface area contributed by atoms with E-state index in [4.69, 9.17) is 16.0 Å². The number of furan rings is 1. The van der Waals surface area contributed by atoms with Crippen molar-refractivity contribution in [2.24, 2.45) is 7.05 Å². The minimum atomic E-state index is -0.177. The van der Waals surface area contributed by atoms with Crippen molar-refractivity contribution in [1.29, 1.82) is 0 Å². The molecule has 2 heterocycles. The van der Waals surface area contributed by atoms with Gasteiger partial charge in [0, 0.05) is 29.9 Å². The van der Waals surface area contributed by atoms with Crippen LogP contribution in [0.25, 0.3) is 11.1 Å². The third-order valence-corrected chi connectivity index (χ3v) is 3.57. The molecule has 2 aromatic heterocycles. The molecular formula is C15H13ClN2O2. The fourth-order valence-corrected chi connectivity index (χ4v) is 2.45. The molecule has 0 bridgehead atoms. The first-order chi connectivity index (χ1) is 9.56. The molecule has 1 aromatic carbocycles. The second-order valence-electron chi connectivity index (χ2n) is 4.67. The van der Waals surface area contributed by atoms with Gasteiger partial charge in [-0.1, -0.05) is 11.6 Å². The summed E-state index contributed by atoms with van der Waals surface area (Å²) in [7, 11) is 1.83. The quantitative estimate of drug-likeness (QED) is 0.775. The summed E-state index contributed by atoms with van der Waals surface area (Å²) in [5.74, 6) is -0.177. The van der Waals surface area contributed by atoms with Crippen LogP contribution < -0.4 is 5.32 Å². The van der Waals surface area contributed by atoms with Gasteiger partial charge in [0.25, 0.3) is 5.91 Å². The molecule has 0 aliphatic carbocycles. The van der Waals surface area contributed by atoms with Gasteiger partial charge >= 0.3 is 0 Å². The molecule has 3 aromatic rings. The molecule has 0 unspecified atom stereocenters.